The lowest BCUT2D eigenvalue weighted by atomic mass is 10.3. The van der Waals surface area contributed by atoms with Crippen molar-refractivity contribution in [3.05, 3.63) is 5.82 Å². The molecular formula is C12H20N4O4S. The SMILES string of the molecule is CC(=O)O.CNCc1nnc(SCC2CCC(=O)O2)n1C. The van der Waals surface area contributed by atoms with Gasteiger partial charge in [-0.1, -0.05) is 11.8 Å². The van der Waals surface area contributed by atoms with Crippen LogP contribution in [0.4, 0.5) is 0 Å². The summed E-state index contributed by atoms with van der Waals surface area (Å²) in [5.74, 6) is 0.722. The Morgan fingerprint density at radius 2 is 2.24 bits per heavy atom. The van der Waals surface area contributed by atoms with E-state index in [9.17, 15) is 4.79 Å². The first-order valence-corrected chi connectivity index (χ1v) is 7.47. The number of esters is 1. The number of hydrogen-bond acceptors (Lipinski definition) is 7. The molecule has 0 radical (unpaired) electrons. The second-order valence-corrected chi connectivity index (χ2v) is 5.46. The molecule has 0 aromatic carbocycles. The molecule has 0 aliphatic carbocycles. The molecule has 1 unspecified atom stereocenters. The smallest absolute Gasteiger partial charge is 0.306 e. The molecule has 0 saturated carbocycles. The predicted molar refractivity (Wildman–Crippen MR) is 76.9 cm³/mol. The average molecular weight is 316 g/mol. The van der Waals surface area contributed by atoms with E-state index in [1.807, 2.05) is 18.7 Å². The van der Waals surface area contributed by atoms with E-state index in [-0.39, 0.29) is 12.1 Å². The van der Waals surface area contributed by atoms with Gasteiger partial charge >= 0.3 is 5.97 Å². The zero-order valence-electron chi connectivity index (χ0n) is 12.3. The molecule has 2 heterocycles. The first-order chi connectivity index (χ1) is 9.93. The van der Waals surface area contributed by atoms with Crippen LogP contribution in [0.2, 0.25) is 0 Å². The number of rotatable bonds is 5. The van der Waals surface area contributed by atoms with Crippen LogP contribution in [0.5, 0.6) is 0 Å². The summed E-state index contributed by atoms with van der Waals surface area (Å²) in [7, 11) is 3.81. The molecule has 1 aliphatic rings. The van der Waals surface area contributed by atoms with Gasteiger partial charge in [0.1, 0.15) is 11.9 Å². The number of carbonyl (C=O) groups excluding carboxylic acids is 1. The number of aromatic nitrogens is 3. The highest BCUT2D eigenvalue weighted by atomic mass is 32.2. The Morgan fingerprint density at radius 1 is 1.57 bits per heavy atom. The number of carbonyl (C=O) groups is 2. The number of hydrogen-bond donors (Lipinski definition) is 2. The van der Waals surface area contributed by atoms with Crippen molar-refractivity contribution < 1.29 is 19.4 Å². The van der Waals surface area contributed by atoms with Crippen molar-refractivity contribution in [1.82, 2.24) is 20.1 Å². The third-order valence-electron chi connectivity index (χ3n) is 2.63. The molecule has 1 aromatic rings. The third-order valence-corrected chi connectivity index (χ3v) is 3.78. The van der Waals surface area contributed by atoms with E-state index in [2.05, 4.69) is 15.5 Å². The summed E-state index contributed by atoms with van der Waals surface area (Å²) in [4.78, 5) is 19.9. The van der Waals surface area contributed by atoms with Gasteiger partial charge in [0.25, 0.3) is 5.97 Å². The van der Waals surface area contributed by atoms with Crippen molar-refractivity contribution in [2.45, 2.75) is 37.6 Å². The Kier molecular flexibility index (Phi) is 7.17. The lowest BCUT2D eigenvalue weighted by molar-refractivity contribution is -0.140. The number of aliphatic carboxylic acids is 1. The predicted octanol–water partition coefficient (Wildman–Crippen LogP) is 0.423. The Morgan fingerprint density at radius 3 is 2.76 bits per heavy atom. The molecule has 1 aromatic heterocycles. The molecule has 1 aliphatic heterocycles. The number of cyclic esters (lactones) is 1. The Hall–Kier alpha value is -1.61. The van der Waals surface area contributed by atoms with E-state index < -0.39 is 5.97 Å². The minimum Gasteiger partial charge on any atom is -0.481 e. The van der Waals surface area contributed by atoms with Gasteiger partial charge in [-0.05, 0) is 13.5 Å². The summed E-state index contributed by atoms with van der Waals surface area (Å²) in [6, 6.07) is 0. The number of nitrogens with one attached hydrogen (secondary N) is 1. The molecule has 1 saturated heterocycles. The van der Waals surface area contributed by atoms with Crippen LogP contribution >= 0.6 is 11.8 Å². The molecule has 2 rings (SSSR count). The maximum Gasteiger partial charge on any atom is 0.306 e. The maximum absolute atomic E-state index is 10.9. The molecule has 1 atom stereocenters. The number of ether oxygens (including phenoxy) is 1. The molecule has 0 bridgehead atoms. The van der Waals surface area contributed by atoms with E-state index in [1.165, 1.54) is 0 Å². The van der Waals surface area contributed by atoms with Gasteiger partial charge in [0.2, 0.25) is 0 Å². The molecule has 0 amide bonds. The molecular weight excluding hydrogens is 296 g/mol. The van der Waals surface area contributed by atoms with E-state index in [0.717, 1.165) is 30.1 Å². The highest BCUT2D eigenvalue weighted by Gasteiger charge is 2.24. The van der Waals surface area contributed by atoms with Gasteiger partial charge in [-0.25, -0.2) is 0 Å². The molecule has 9 heteroatoms. The average Bonchev–Trinajstić information content (AvgIpc) is 2.95. The number of carboxylic acids is 1. The normalized spacial score (nSPS) is 17.1. The number of carboxylic acid groups (broad SMARTS) is 1. The fraction of sp³-hybridized carbons (Fsp3) is 0.667. The second kappa shape index (κ2) is 8.63. The highest BCUT2D eigenvalue weighted by molar-refractivity contribution is 7.99. The number of thioether (sulfide) groups is 1. The zero-order valence-corrected chi connectivity index (χ0v) is 13.1. The van der Waals surface area contributed by atoms with Crippen molar-refractivity contribution in [3.63, 3.8) is 0 Å². The largest absolute Gasteiger partial charge is 0.481 e. The minimum atomic E-state index is -0.833. The molecule has 0 spiro atoms. The Balaban J connectivity index is 0.000000491. The molecule has 118 valence electrons. The lowest BCUT2D eigenvalue weighted by Gasteiger charge is -2.08. The minimum absolute atomic E-state index is 0.0250. The van der Waals surface area contributed by atoms with Gasteiger partial charge in [-0.3, -0.25) is 9.59 Å². The summed E-state index contributed by atoms with van der Waals surface area (Å²) < 4.78 is 7.10. The van der Waals surface area contributed by atoms with E-state index in [0.29, 0.717) is 13.0 Å². The van der Waals surface area contributed by atoms with Crippen LogP contribution in [0.25, 0.3) is 0 Å². The summed E-state index contributed by atoms with van der Waals surface area (Å²) >= 11 is 1.58. The maximum atomic E-state index is 10.9. The van der Waals surface area contributed by atoms with Crippen molar-refractivity contribution in [3.8, 4) is 0 Å². The Labute approximate surface area is 127 Å². The number of nitrogens with zero attached hydrogens (tertiary/aromatic N) is 3. The topological polar surface area (TPSA) is 106 Å². The van der Waals surface area contributed by atoms with Gasteiger partial charge in [0, 0.05) is 26.1 Å². The van der Waals surface area contributed by atoms with Crippen LogP contribution in [-0.2, 0) is 27.9 Å². The monoisotopic (exact) mass is 316 g/mol. The van der Waals surface area contributed by atoms with E-state index in [4.69, 9.17) is 14.6 Å². The summed E-state index contributed by atoms with van der Waals surface area (Å²) in [5, 5.41) is 19.5. The fourth-order valence-corrected chi connectivity index (χ4v) is 2.62. The van der Waals surface area contributed by atoms with Crippen LogP contribution in [0.15, 0.2) is 5.16 Å². The van der Waals surface area contributed by atoms with Crippen molar-refractivity contribution in [2.75, 3.05) is 12.8 Å². The van der Waals surface area contributed by atoms with Gasteiger partial charge < -0.3 is 19.7 Å². The first-order valence-electron chi connectivity index (χ1n) is 6.48. The first kappa shape index (κ1) is 17.4. The molecule has 2 N–H and O–H groups in total. The quantitative estimate of drug-likeness (QED) is 0.595. The summed E-state index contributed by atoms with van der Waals surface area (Å²) in [6.45, 7) is 1.78. The lowest BCUT2D eigenvalue weighted by Crippen LogP contribution is -2.12. The highest BCUT2D eigenvalue weighted by Crippen LogP contribution is 2.23. The Bertz CT molecular complexity index is 488. The van der Waals surface area contributed by atoms with Crippen molar-refractivity contribution in [1.29, 1.82) is 0 Å². The van der Waals surface area contributed by atoms with Crippen LogP contribution in [0, 0.1) is 0 Å². The molecule has 21 heavy (non-hydrogen) atoms. The zero-order chi connectivity index (χ0) is 15.8. The third kappa shape index (κ3) is 6.13. The van der Waals surface area contributed by atoms with Crippen LogP contribution in [0.3, 0.4) is 0 Å². The van der Waals surface area contributed by atoms with Gasteiger partial charge in [-0.15, -0.1) is 10.2 Å². The van der Waals surface area contributed by atoms with Crippen molar-refractivity contribution >= 4 is 23.7 Å². The van der Waals surface area contributed by atoms with Gasteiger partial charge in [0.15, 0.2) is 5.16 Å². The fourth-order valence-electron chi connectivity index (χ4n) is 1.65. The van der Waals surface area contributed by atoms with E-state index in [1.54, 1.807) is 11.8 Å². The standard InChI is InChI=1S/C10H16N4O2S.C2H4O2/c1-11-5-8-12-13-10(14(8)2)17-6-7-3-4-9(15)16-7;1-2(3)4/h7,11H,3-6H2,1-2H3;1H3,(H,3,4). The van der Waals surface area contributed by atoms with Crippen LogP contribution < -0.4 is 5.32 Å². The van der Waals surface area contributed by atoms with Crippen LogP contribution in [-0.4, -0.2) is 50.7 Å². The van der Waals surface area contributed by atoms with E-state index >= 15 is 0 Å². The van der Waals surface area contributed by atoms with Crippen molar-refractivity contribution in [2.24, 2.45) is 7.05 Å². The van der Waals surface area contributed by atoms with Gasteiger partial charge in [-0.2, -0.15) is 0 Å². The molecule has 1 fully saturated rings. The summed E-state index contributed by atoms with van der Waals surface area (Å²) in [5.41, 5.74) is 0. The second-order valence-electron chi connectivity index (χ2n) is 4.47. The molecule has 8 nitrogen and oxygen atoms in total. The van der Waals surface area contributed by atoms with Gasteiger partial charge in [0.05, 0.1) is 6.54 Å². The van der Waals surface area contributed by atoms with Crippen LogP contribution in [0.1, 0.15) is 25.6 Å². The summed E-state index contributed by atoms with van der Waals surface area (Å²) in [6.07, 6.45) is 1.37.